The van der Waals surface area contributed by atoms with Gasteiger partial charge in [-0.25, -0.2) is 16.8 Å². The van der Waals surface area contributed by atoms with Gasteiger partial charge in [0.1, 0.15) is 18.5 Å². The second-order valence-corrected chi connectivity index (χ2v) is 9.53. The molecule has 0 bridgehead atoms. The van der Waals surface area contributed by atoms with Gasteiger partial charge in [0.2, 0.25) is 10.0 Å². The third kappa shape index (κ3) is 4.89. The van der Waals surface area contributed by atoms with Crippen molar-refractivity contribution >= 4 is 30.8 Å². The number of alkyl halides is 3. The van der Waals surface area contributed by atoms with E-state index in [1.165, 1.54) is 12.1 Å². The normalized spacial score (nSPS) is 17.8. The number of hydrogen-bond acceptors (Lipinski definition) is 6. The van der Waals surface area contributed by atoms with Crippen LogP contribution in [0.25, 0.3) is 10.8 Å². The van der Waals surface area contributed by atoms with Crippen molar-refractivity contribution in [3.05, 3.63) is 42.0 Å². The summed E-state index contributed by atoms with van der Waals surface area (Å²) in [6.45, 7) is 0.784. The van der Waals surface area contributed by atoms with E-state index in [2.05, 4.69) is 0 Å². The number of benzene rings is 2. The lowest BCUT2D eigenvalue weighted by molar-refractivity contribution is -0.0441. The Labute approximate surface area is 153 Å². The van der Waals surface area contributed by atoms with E-state index < -0.39 is 31.3 Å². The van der Waals surface area contributed by atoms with Crippen LogP contribution in [0.4, 0.5) is 13.2 Å². The number of nitrogens with one attached hydrogen (secondary N) is 1. The van der Waals surface area contributed by atoms with Crippen molar-refractivity contribution in [2.75, 3.05) is 13.2 Å². The predicted molar refractivity (Wildman–Crippen MR) is 89.9 cm³/mol. The molecule has 1 N–H and O–H groups in total. The van der Waals surface area contributed by atoms with Gasteiger partial charge in [-0.2, -0.15) is 13.2 Å². The molecule has 1 unspecified atom stereocenters. The SMILES string of the molecule is O=S(=O)(Cc1cc(OCC2CO2)c2ccccc2c1)NS(=O)(=O)C(F)(F)F. The van der Waals surface area contributed by atoms with E-state index in [1.807, 2.05) is 0 Å². The Kier molecular flexibility index (Phi) is 5.10. The molecule has 0 aliphatic carbocycles. The molecule has 1 aliphatic rings. The molecule has 7 nitrogen and oxygen atoms in total. The third-order valence-electron chi connectivity index (χ3n) is 3.61. The lowest BCUT2D eigenvalue weighted by Gasteiger charge is -2.13. The summed E-state index contributed by atoms with van der Waals surface area (Å²) in [6, 6.07) is 9.64. The summed E-state index contributed by atoms with van der Waals surface area (Å²) in [7, 11) is -10.8. The number of epoxide rings is 1. The number of ether oxygens (including phenoxy) is 2. The molecule has 1 fully saturated rings. The lowest BCUT2D eigenvalue weighted by atomic mass is 10.1. The number of fused-ring (bicyclic) bond motifs is 1. The van der Waals surface area contributed by atoms with E-state index in [4.69, 9.17) is 9.47 Å². The highest BCUT2D eigenvalue weighted by Crippen LogP contribution is 2.30. The molecule has 1 heterocycles. The summed E-state index contributed by atoms with van der Waals surface area (Å²) >= 11 is 0. The van der Waals surface area contributed by atoms with E-state index >= 15 is 0 Å². The van der Waals surface area contributed by atoms with Gasteiger partial charge in [-0.15, -0.1) is 4.13 Å². The summed E-state index contributed by atoms with van der Waals surface area (Å²) in [5.41, 5.74) is -5.66. The Hall–Kier alpha value is -1.89. The Bertz CT molecular complexity index is 1060. The van der Waals surface area contributed by atoms with Crippen molar-refractivity contribution in [3.63, 3.8) is 0 Å². The Morgan fingerprint density at radius 2 is 1.81 bits per heavy atom. The summed E-state index contributed by atoms with van der Waals surface area (Å²) in [4.78, 5) is 0. The van der Waals surface area contributed by atoms with Gasteiger partial charge in [0, 0.05) is 5.39 Å². The molecule has 0 amide bonds. The summed E-state index contributed by atoms with van der Waals surface area (Å²) in [6.07, 6.45) is -0.0604. The maximum Gasteiger partial charge on any atom is 0.512 e. The predicted octanol–water partition coefficient (Wildman–Crippen LogP) is 1.89. The Morgan fingerprint density at radius 1 is 1.15 bits per heavy atom. The van der Waals surface area contributed by atoms with Gasteiger partial charge in [0.15, 0.2) is 0 Å². The van der Waals surface area contributed by atoms with Gasteiger partial charge < -0.3 is 9.47 Å². The summed E-state index contributed by atoms with van der Waals surface area (Å²) in [5.74, 6) is -0.642. The van der Waals surface area contributed by atoms with E-state index in [-0.39, 0.29) is 18.3 Å². The molecule has 27 heavy (non-hydrogen) atoms. The summed E-state index contributed by atoms with van der Waals surface area (Å²) < 4.78 is 94.6. The first-order valence-corrected chi connectivity index (χ1v) is 10.7. The standard InChI is InChI=1S/C15H14F3NO6S2/c16-15(17,18)27(22,23)19-26(20,21)9-10-5-11-3-1-2-4-13(11)14(6-10)25-8-12-7-24-12/h1-6,12,19H,7-9H2. The van der Waals surface area contributed by atoms with Crippen LogP contribution in [0.3, 0.4) is 0 Å². The first kappa shape index (κ1) is 19.9. The molecule has 2 aromatic rings. The largest absolute Gasteiger partial charge is 0.512 e. The fraction of sp³-hybridized carbons (Fsp3) is 0.333. The third-order valence-corrected chi connectivity index (χ3v) is 6.82. The highest BCUT2D eigenvalue weighted by Gasteiger charge is 2.48. The van der Waals surface area contributed by atoms with Crippen molar-refractivity contribution in [2.24, 2.45) is 0 Å². The highest BCUT2D eigenvalue weighted by atomic mass is 32.3. The molecule has 0 aromatic heterocycles. The molecule has 1 saturated heterocycles. The van der Waals surface area contributed by atoms with Gasteiger partial charge >= 0.3 is 15.5 Å². The van der Waals surface area contributed by atoms with Crippen LogP contribution < -0.4 is 8.86 Å². The molecule has 12 heteroatoms. The van der Waals surface area contributed by atoms with Crippen LogP contribution in [0.5, 0.6) is 5.75 Å². The average molecular weight is 425 g/mol. The summed E-state index contributed by atoms with van der Waals surface area (Å²) in [5, 5.41) is 1.27. The maximum absolute atomic E-state index is 12.4. The van der Waals surface area contributed by atoms with Gasteiger partial charge in [0.05, 0.1) is 12.4 Å². The molecule has 1 atom stereocenters. The number of rotatable bonds is 7. The van der Waals surface area contributed by atoms with Crippen LogP contribution in [-0.4, -0.2) is 41.7 Å². The number of sulfonamides is 2. The molecule has 148 valence electrons. The quantitative estimate of drug-likeness (QED) is 0.680. The van der Waals surface area contributed by atoms with Crippen LogP contribution in [0, 0.1) is 0 Å². The lowest BCUT2D eigenvalue weighted by Crippen LogP contribution is -2.40. The minimum Gasteiger partial charge on any atom is -0.490 e. The molecular formula is C15H14F3NO6S2. The molecule has 0 spiro atoms. The first-order valence-electron chi connectivity index (χ1n) is 7.55. The van der Waals surface area contributed by atoms with E-state index in [1.54, 1.807) is 24.3 Å². The Morgan fingerprint density at radius 3 is 2.44 bits per heavy atom. The van der Waals surface area contributed by atoms with Crippen molar-refractivity contribution in [1.29, 1.82) is 0 Å². The zero-order chi connectivity index (χ0) is 19.9. The van der Waals surface area contributed by atoms with E-state index in [9.17, 15) is 30.0 Å². The second-order valence-electron chi connectivity index (χ2n) is 5.87. The monoisotopic (exact) mass is 425 g/mol. The van der Waals surface area contributed by atoms with E-state index in [0.717, 1.165) is 0 Å². The van der Waals surface area contributed by atoms with Crippen LogP contribution in [0.1, 0.15) is 5.56 Å². The van der Waals surface area contributed by atoms with Gasteiger partial charge in [-0.1, -0.05) is 24.3 Å². The molecule has 1 aliphatic heterocycles. The van der Waals surface area contributed by atoms with Gasteiger partial charge in [-0.3, -0.25) is 0 Å². The topological polar surface area (TPSA) is 102 Å². The van der Waals surface area contributed by atoms with Gasteiger partial charge in [0.25, 0.3) is 0 Å². The number of hydrogen-bond donors (Lipinski definition) is 1. The van der Waals surface area contributed by atoms with Crippen LogP contribution in [-0.2, 0) is 30.5 Å². The van der Waals surface area contributed by atoms with Crippen LogP contribution >= 0.6 is 0 Å². The van der Waals surface area contributed by atoms with Crippen molar-refractivity contribution in [3.8, 4) is 5.75 Å². The fourth-order valence-electron chi connectivity index (χ4n) is 2.35. The average Bonchev–Trinajstić information content (AvgIpc) is 3.34. The smallest absolute Gasteiger partial charge is 0.490 e. The Balaban J connectivity index is 1.89. The van der Waals surface area contributed by atoms with E-state index in [0.29, 0.717) is 27.3 Å². The molecule has 2 aromatic carbocycles. The van der Waals surface area contributed by atoms with Crippen LogP contribution in [0.15, 0.2) is 36.4 Å². The first-order chi connectivity index (χ1) is 12.5. The highest BCUT2D eigenvalue weighted by molar-refractivity contribution is 8.04. The van der Waals surface area contributed by atoms with Crippen molar-refractivity contribution in [1.82, 2.24) is 4.13 Å². The molecule has 3 rings (SSSR count). The minimum absolute atomic E-state index is 0.0604. The molecule has 0 saturated carbocycles. The molecular weight excluding hydrogens is 411 g/mol. The molecule has 0 radical (unpaired) electrons. The van der Waals surface area contributed by atoms with Crippen molar-refractivity contribution in [2.45, 2.75) is 17.4 Å². The second kappa shape index (κ2) is 6.93. The number of halogens is 3. The zero-order valence-electron chi connectivity index (χ0n) is 13.6. The zero-order valence-corrected chi connectivity index (χ0v) is 15.2. The fourth-order valence-corrected chi connectivity index (χ4v) is 4.90. The van der Waals surface area contributed by atoms with Crippen LogP contribution in [0.2, 0.25) is 0 Å². The maximum atomic E-state index is 12.4. The minimum atomic E-state index is -6.03. The van der Waals surface area contributed by atoms with Gasteiger partial charge in [-0.05, 0) is 23.1 Å². The van der Waals surface area contributed by atoms with Crippen molar-refractivity contribution < 1.29 is 39.5 Å².